The van der Waals surface area contributed by atoms with Gasteiger partial charge in [-0.1, -0.05) is 12.8 Å². The molecule has 36 heavy (non-hydrogen) atoms. The summed E-state index contributed by atoms with van der Waals surface area (Å²) in [5, 5.41) is 20.4. The molecule has 1 saturated carbocycles. The molecule has 0 aromatic carbocycles. The van der Waals surface area contributed by atoms with Crippen molar-refractivity contribution in [1.29, 1.82) is 0 Å². The number of hydrogen-bond donors (Lipinski definition) is 1. The lowest BCUT2D eigenvalue weighted by Crippen LogP contribution is -2.57. The Kier molecular flexibility index (Phi) is 5.89. The molecule has 0 amide bonds. The van der Waals surface area contributed by atoms with Crippen LogP contribution in [-0.4, -0.2) is 71.1 Å². The molecule has 1 aliphatic carbocycles. The van der Waals surface area contributed by atoms with Gasteiger partial charge in [0.05, 0.1) is 5.39 Å². The van der Waals surface area contributed by atoms with Crippen LogP contribution in [-0.2, 0) is 6.67 Å². The van der Waals surface area contributed by atoms with E-state index in [1.54, 1.807) is 4.57 Å². The van der Waals surface area contributed by atoms with E-state index >= 15 is 4.39 Å². The van der Waals surface area contributed by atoms with E-state index in [4.69, 9.17) is 0 Å². The third kappa shape index (κ3) is 3.93. The Balaban J connectivity index is 1.51. The van der Waals surface area contributed by atoms with E-state index in [1.165, 1.54) is 23.7 Å². The van der Waals surface area contributed by atoms with Gasteiger partial charge >= 0.3 is 11.7 Å². The summed E-state index contributed by atoms with van der Waals surface area (Å²) >= 11 is 0. The SMILES string of the molecule is O=C(O)c1cn(C2CC2)c2c(cc(F)c3nn(CN(N4CCCCC4)N4CCCCC4)c(=O)n32)c1=O. The molecule has 5 heterocycles. The number of fused-ring (bicyclic) bond motifs is 3. The van der Waals surface area contributed by atoms with Gasteiger partial charge in [-0.3, -0.25) is 4.79 Å². The van der Waals surface area contributed by atoms with Gasteiger partial charge in [-0.05, 0) is 44.6 Å². The Labute approximate surface area is 205 Å². The summed E-state index contributed by atoms with van der Waals surface area (Å²) in [6.07, 6.45) is 9.49. The van der Waals surface area contributed by atoms with Gasteiger partial charge in [0.2, 0.25) is 5.43 Å². The van der Waals surface area contributed by atoms with Gasteiger partial charge in [0.1, 0.15) is 17.9 Å². The second-order valence-electron chi connectivity index (χ2n) is 10.0. The quantitative estimate of drug-likeness (QED) is 0.549. The number of carboxylic acids is 1. The summed E-state index contributed by atoms with van der Waals surface area (Å²) in [7, 11) is 0. The number of aromatic nitrogens is 4. The van der Waals surface area contributed by atoms with Gasteiger partial charge in [-0.15, -0.1) is 5.10 Å². The van der Waals surface area contributed by atoms with Crippen molar-refractivity contribution in [2.24, 2.45) is 0 Å². The predicted molar refractivity (Wildman–Crippen MR) is 129 cm³/mol. The molecule has 6 rings (SSSR count). The first-order chi connectivity index (χ1) is 17.4. The van der Waals surface area contributed by atoms with Crippen LogP contribution in [0.25, 0.3) is 16.7 Å². The Bertz CT molecular complexity index is 1430. The van der Waals surface area contributed by atoms with Crippen molar-refractivity contribution in [3.8, 4) is 0 Å². The fourth-order valence-electron chi connectivity index (χ4n) is 5.52. The Morgan fingerprint density at radius 1 is 1.03 bits per heavy atom. The summed E-state index contributed by atoms with van der Waals surface area (Å²) in [4.78, 5) is 38.4. The third-order valence-electron chi connectivity index (χ3n) is 7.53. The van der Waals surface area contributed by atoms with Crippen molar-refractivity contribution in [3.63, 3.8) is 0 Å². The minimum atomic E-state index is -1.38. The normalized spacial score (nSPS) is 20.1. The van der Waals surface area contributed by atoms with E-state index in [0.29, 0.717) is 0 Å². The van der Waals surface area contributed by atoms with Gasteiger partial charge in [-0.2, -0.15) is 9.80 Å². The molecule has 0 bridgehead atoms. The monoisotopic (exact) mass is 499 g/mol. The van der Waals surface area contributed by atoms with Crippen molar-refractivity contribution in [2.75, 3.05) is 26.2 Å². The van der Waals surface area contributed by atoms with E-state index in [-0.39, 0.29) is 29.4 Å². The number of piperidine rings is 2. The zero-order chi connectivity index (χ0) is 25.0. The fraction of sp³-hybridized carbons (Fsp3) is 0.583. The van der Waals surface area contributed by atoms with E-state index < -0.39 is 28.5 Å². The highest BCUT2D eigenvalue weighted by molar-refractivity contribution is 5.92. The van der Waals surface area contributed by atoms with Crippen LogP contribution in [0, 0.1) is 5.82 Å². The van der Waals surface area contributed by atoms with Crippen LogP contribution in [0.5, 0.6) is 0 Å². The summed E-state index contributed by atoms with van der Waals surface area (Å²) in [6, 6.07) is 0.968. The second-order valence-corrected chi connectivity index (χ2v) is 10.0. The molecule has 192 valence electrons. The molecule has 3 aromatic heterocycles. The number of carbonyl (C=O) groups is 1. The number of halogens is 1. The standard InChI is InChI=1S/C24H30FN7O4/c25-19-13-17-20(33)18(23(34)35)14-29(16-7-8-16)22(17)32-21(19)26-30(24(32)36)15-31(27-9-3-1-4-10-27)28-11-5-2-6-12-28/h13-14,16H,1-12,15H2,(H,34,35). The minimum Gasteiger partial charge on any atom is -0.477 e. The first-order valence-electron chi connectivity index (χ1n) is 12.8. The number of aromatic carboxylic acids is 1. The lowest BCUT2D eigenvalue weighted by molar-refractivity contribution is -0.219. The van der Waals surface area contributed by atoms with Crippen LogP contribution in [0.4, 0.5) is 4.39 Å². The summed E-state index contributed by atoms with van der Waals surface area (Å²) in [5.74, 6) is -2.21. The van der Waals surface area contributed by atoms with Crippen molar-refractivity contribution >= 4 is 22.6 Å². The summed E-state index contributed by atoms with van der Waals surface area (Å²) in [5.41, 5.74) is -1.76. The maximum atomic E-state index is 15.3. The molecular formula is C24H30FN7O4. The van der Waals surface area contributed by atoms with Crippen molar-refractivity contribution in [3.05, 3.63) is 44.4 Å². The minimum absolute atomic E-state index is 0.0479. The molecule has 0 unspecified atom stereocenters. The predicted octanol–water partition coefficient (Wildman–Crippen LogP) is 2.04. The fourth-order valence-corrected chi connectivity index (χ4v) is 5.52. The van der Waals surface area contributed by atoms with Crippen LogP contribution in [0.2, 0.25) is 0 Å². The second kappa shape index (κ2) is 9.09. The van der Waals surface area contributed by atoms with Crippen LogP contribution in [0.3, 0.4) is 0 Å². The number of nitrogens with zero attached hydrogens (tertiary/aromatic N) is 7. The highest BCUT2D eigenvalue weighted by Gasteiger charge is 2.31. The molecule has 2 aliphatic heterocycles. The third-order valence-corrected chi connectivity index (χ3v) is 7.53. The number of carboxylic acid groups (broad SMARTS) is 1. The van der Waals surface area contributed by atoms with Crippen LogP contribution in [0.15, 0.2) is 21.9 Å². The van der Waals surface area contributed by atoms with Crippen LogP contribution >= 0.6 is 0 Å². The van der Waals surface area contributed by atoms with Crippen molar-refractivity contribution in [2.45, 2.75) is 64.1 Å². The van der Waals surface area contributed by atoms with Gasteiger partial charge < -0.3 is 9.67 Å². The van der Waals surface area contributed by atoms with E-state index in [9.17, 15) is 19.5 Å². The van der Waals surface area contributed by atoms with E-state index in [1.807, 2.05) is 0 Å². The molecule has 3 aromatic rings. The molecule has 0 atom stereocenters. The molecular weight excluding hydrogens is 469 g/mol. The average molecular weight is 500 g/mol. The maximum Gasteiger partial charge on any atom is 0.353 e. The number of pyridine rings is 2. The topological polar surface area (TPSA) is 108 Å². The molecule has 0 spiro atoms. The Morgan fingerprint density at radius 3 is 2.19 bits per heavy atom. The molecule has 2 saturated heterocycles. The van der Waals surface area contributed by atoms with Gasteiger partial charge in [0.25, 0.3) is 0 Å². The maximum absolute atomic E-state index is 15.3. The van der Waals surface area contributed by atoms with Gasteiger partial charge in [-0.25, -0.2) is 28.4 Å². The van der Waals surface area contributed by atoms with E-state index in [0.717, 1.165) is 75.2 Å². The zero-order valence-electron chi connectivity index (χ0n) is 20.1. The smallest absolute Gasteiger partial charge is 0.353 e. The first kappa shape index (κ1) is 23.3. The average Bonchev–Trinajstić information content (AvgIpc) is 3.68. The van der Waals surface area contributed by atoms with Gasteiger partial charge in [0, 0.05) is 38.4 Å². The van der Waals surface area contributed by atoms with Gasteiger partial charge in [0.15, 0.2) is 11.5 Å². The lowest BCUT2D eigenvalue weighted by atomic mass is 10.1. The lowest BCUT2D eigenvalue weighted by Gasteiger charge is -2.44. The molecule has 0 radical (unpaired) electrons. The number of rotatable bonds is 6. The first-order valence-corrected chi connectivity index (χ1v) is 12.8. The molecule has 11 nitrogen and oxygen atoms in total. The molecule has 12 heteroatoms. The Morgan fingerprint density at radius 2 is 1.64 bits per heavy atom. The largest absolute Gasteiger partial charge is 0.477 e. The Hall–Kier alpha value is -3.09. The van der Waals surface area contributed by atoms with Crippen molar-refractivity contribution in [1.82, 2.24) is 33.9 Å². The highest BCUT2D eigenvalue weighted by Crippen LogP contribution is 2.37. The number of hydrogen-bond acceptors (Lipinski definition) is 7. The van der Waals surface area contributed by atoms with E-state index in [2.05, 4.69) is 20.2 Å². The zero-order valence-corrected chi connectivity index (χ0v) is 20.1. The van der Waals surface area contributed by atoms with Crippen LogP contribution in [0.1, 0.15) is 67.8 Å². The van der Waals surface area contributed by atoms with Crippen LogP contribution < -0.4 is 11.1 Å². The summed E-state index contributed by atoms with van der Waals surface area (Å²) in [6.45, 7) is 3.68. The van der Waals surface area contributed by atoms with Crippen molar-refractivity contribution < 1.29 is 14.3 Å². The molecule has 1 N–H and O–H groups in total. The number of hydrazine groups is 2. The highest BCUT2D eigenvalue weighted by atomic mass is 19.1. The molecule has 3 fully saturated rings. The molecule has 3 aliphatic rings. The summed E-state index contributed by atoms with van der Waals surface area (Å²) < 4.78 is 19.3.